The van der Waals surface area contributed by atoms with Gasteiger partial charge < -0.3 is 10.1 Å². The van der Waals surface area contributed by atoms with E-state index < -0.39 is 12.0 Å². The highest BCUT2D eigenvalue weighted by Crippen LogP contribution is 2.60. The van der Waals surface area contributed by atoms with Gasteiger partial charge in [-0.25, -0.2) is 4.79 Å². The monoisotopic (exact) mass is 425 g/mol. The molecule has 4 fully saturated rings. The van der Waals surface area contributed by atoms with Crippen molar-refractivity contribution in [2.45, 2.75) is 71.8 Å². The van der Waals surface area contributed by atoms with E-state index in [0.717, 1.165) is 31.2 Å². The van der Waals surface area contributed by atoms with Crippen molar-refractivity contribution in [2.75, 3.05) is 6.61 Å². The molecule has 0 radical (unpaired) electrons. The van der Waals surface area contributed by atoms with Gasteiger partial charge in [0.25, 0.3) is 0 Å². The van der Waals surface area contributed by atoms with E-state index in [0.29, 0.717) is 23.3 Å². The molecule has 1 aromatic rings. The third-order valence-corrected chi connectivity index (χ3v) is 7.76. The molecule has 0 aliphatic heterocycles. The molecule has 4 bridgehead atoms. The molecule has 0 aromatic heterocycles. The highest BCUT2D eigenvalue weighted by Gasteiger charge is 2.55. The van der Waals surface area contributed by atoms with Crippen LogP contribution in [0.15, 0.2) is 24.3 Å². The summed E-state index contributed by atoms with van der Waals surface area (Å²) in [7, 11) is 0. The maximum atomic E-state index is 13.4. The molecule has 0 heterocycles. The van der Waals surface area contributed by atoms with E-state index >= 15 is 0 Å². The number of rotatable bonds is 8. The molecule has 1 amide bonds. The van der Waals surface area contributed by atoms with E-state index in [1.807, 2.05) is 26.0 Å². The number of amides is 1. The van der Waals surface area contributed by atoms with Crippen molar-refractivity contribution in [2.24, 2.45) is 29.1 Å². The van der Waals surface area contributed by atoms with Crippen molar-refractivity contribution in [3.8, 4) is 0 Å². The fourth-order valence-electron chi connectivity index (χ4n) is 6.42. The van der Waals surface area contributed by atoms with Gasteiger partial charge in [0.05, 0.1) is 0 Å². The molecule has 4 saturated carbocycles. The molecule has 0 saturated heterocycles. The maximum absolute atomic E-state index is 13.4. The molecule has 0 spiro atoms. The Bertz CT molecular complexity index is 806. The van der Waals surface area contributed by atoms with E-state index in [1.54, 1.807) is 12.1 Å². The fourth-order valence-corrected chi connectivity index (χ4v) is 6.42. The summed E-state index contributed by atoms with van der Waals surface area (Å²) in [6.07, 6.45) is 7.57. The molecular weight excluding hydrogens is 390 g/mol. The highest BCUT2D eigenvalue weighted by molar-refractivity contribution is 5.98. The number of ketones is 1. The molecular formula is C26H35NO4. The fraction of sp³-hybridized carbons (Fsp3) is 0.654. The van der Waals surface area contributed by atoms with E-state index in [1.165, 1.54) is 19.3 Å². The first-order valence-electron chi connectivity index (χ1n) is 11.9. The van der Waals surface area contributed by atoms with Gasteiger partial charge in [-0.3, -0.25) is 9.59 Å². The third-order valence-electron chi connectivity index (χ3n) is 7.76. The molecule has 4 aliphatic rings. The predicted octanol–water partition coefficient (Wildman–Crippen LogP) is 4.33. The second-order valence-electron chi connectivity index (χ2n) is 10.5. The Morgan fingerprint density at radius 3 is 2.03 bits per heavy atom. The molecule has 168 valence electrons. The summed E-state index contributed by atoms with van der Waals surface area (Å²) in [4.78, 5) is 38.6. The summed E-state index contributed by atoms with van der Waals surface area (Å²) in [6, 6.07) is 6.64. The lowest BCUT2D eigenvalue weighted by atomic mass is 9.49. The van der Waals surface area contributed by atoms with Crippen LogP contribution >= 0.6 is 0 Å². The van der Waals surface area contributed by atoms with E-state index in [9.17, 15) is 14.4 Å². The van der Waals surface area contributed by atoms with Crippen LogP contribution in [-0.2, 0) is 20.7 Å². The van der Waals surface area contributed by atoms with Crippen molar-refractivity contribution in [1.82, 2.24) is 5.32 Å². The Morgan fingerprint density at radius 2 is 1.55 bits per heavy atom. The van der Waals surface area contributed by atoms with Crippen LogP contribution < -0.4 is 5.32 Å². The lowest BCUT2D eigenvalue weighted by molar-refractivity contribution is -0.154. The zero-order chi connectivity index (χ0) is 22.2. The average Bonchev–Trinajstić information content (AvgIpc) is 2.74. The number of nitrogens with one attached hydrogen (secondary N) is 1. The Balaban J connectivity index is 1.36. The number of carbonyl (C=O) groups excluding carboxylic acids is 3. The summed E-state index contributed by atoms with van der Waals surface area (Å²) >= 11 is 0. The minimum absolute atomic E-state index is 0.0173. The third kappa shape index (κ3) is 4.56. The molecule has 1 N–H and O–H groups in total. The standard InChI is InChI=1S/C26H35NO4/c1-4-17-5-7-21(8-6-17)22(28)15-31-24(29)23(16(2)3)27-25(30)26-12-18-9-19(13-26)11-20(10-18)14-26/h5-8,16,18-20,23H,4,9-15H2,1-3H3,(H,27,30). The van der Waals surface area contributed by atoms with Gasteiger partial charge in [0.1, 0.15) is 6.04 Å². The largest absolute Gasteiger partial charge is 0.456 e. The topological polar surface area (TPSA) is 72.5 Å². The second kappa shape index (κ2) is 8.76. The van der Waals surface area contributed by atoms with Gasteiger partial charge in [-0.15, -0.1) is 0 Å². The van der Waals surface area contributed by atoms with Crippen LogP contribution in [0.3, 0.4) is 0 Å². The zero-order valence-corrected chi connectivity index (χ0v) is 19.0. The van der Waals surface area contributed by atoms with Crippen LogP contribution in [-0.4, -0.2) is 30.3 Å². The van der Waals surface area contributed by atoms with Gasteiger partial charge in [0.15, 0.2) is 12.4 Å². The Kier molecular flexibility index (Phi) is 6.23. The van der Waals surface area contributed by atoms with Crippen molar-refractivity contribution >= 4 is 17.7 Å². The molecule has 5 heteroatoms. The Labute approximate surface area is 185 Å². The van der Waals surface area contributed by atoms with Gasteiger partial charge in [-0.05, 0) is 74.2 Å². The zero-order valence-electron chi connectivity index (χ0n) is 19.0. The van der Waals surface area contributed by atoms with Gasteiger partial charge in [-0.1, -0.05) is 45.0 Å². The summed E-state index contributed by atoms with van der Waals surface area (Å²) < 4.78 is 5.35. The lowest BCUT2D eigenvalue weighted by Gasteiger charge is -2.55. The number of Topliss-reactive ketones (excluding diaryl/α,β-unsaturated/α-hetero) is 1. The molecule has 5 nitrogen and oxygen atoms in total. The van der Waals surface area contributed by atoms with Crippen molar-refractivity contribution in [3.05, 3.63) is 35.4 Å². The summed E-state index contributed by atoms with van der Waals surface area (Å²) in [5.41, 5.74) is 1.38. The first-order valence-corrected chi connectivity index (χ1v) is 11.9. The molecule has 31 heavy (non-hydrogen) atoms. The number of carbonyl (C=O) groups is 3. The van der Waals surface area contributed by atoms with Crippen LogP contribution in [0.2, 0.25) is 0 Å². The van der Waals surface area contributed by atoms with Gasteiger partial charge in [0, 0.05) is 11.0 Å². The van der Waals surface area contributed by atoms with Gasteiger partial charge in [-0.2, -0.15) is 0 Å². The Morgan fingerprint density at radius 1 is 1.00 bits per heavy atom. The van der Waals surface area contributed by atoms with Crippen molar-refractivity contribution < 1.29 is 19.1 Å². The molecule has 5 rings (SSSR count). The molecule has 1 unspecified atom stereocenters. The van der Waals surface area contributed by atoms with Gasteiger partial charge in [0.2, 0.25) is 5.91 Å². The lowest BCUT2D eigenvalue weighted by Crippen LogP contribution is -2.57. The number of hydrogen-bond donors (Lipinski definition) is 1. The van der Waals surface area contributed by atoms with Crippen LogP contribution in [0.4, 0.5) is 0 Å². The van der Waals surface area contributed by atoms with E-state index in [2.05, 4.69) is 12.2 Å². The number of esters is 1. The van der Waals surface area contributed by atoms with Crippen LogP contribution in [0.25, 0.3) is 0 Å². The van der Waals surface area contributed by atoms with Crippen molar-refractivity contribution in [1.29, 1.82) is 0 Å². The number of hydrogen-bond acceptors (Lipinski definition) is 4. The number of benzene rings is 1. The molecule has 1 aromatic carbocycles. The highest BCUT2D eigenvalue weighted by atomic mass is 16.5. The van der Waals surface area contributed by atoms with Crippen LogP contribution in [0.5, 0.6) is 0 Å². The van der Waals surface area contributed by atoms with Crippen LogP contribution in [0, 0.1) is 29.1 Å². The minimum atomic E-state index is -0.726. The molecule has 4 aliphatic carbocycles. The second-order valence-corrected chi connectivity index (χ2v) is 10.5. The smallest absolute Gasteiger partial charge is 0.329 e. The quantitative estimate of drug-likeness (QED) is 0.497. The first-order chi connectivity index (χ1) is 14.8. The summed E-state index contributed by atoms with van der Waals surface area (Å²) in [6.45, 7) is 5.55. The molecule has 1 atom stereocenters. The normalized spacial score (nSPS) is 29.6. The minimum Gasteiger partial charge on any atom is -0.456 e. The summed E-state index contributed by atoms with van der Waals surface area (Å²) in [5.74, 6) is 1.15. The van der Waals surface area contributed by atoms with Crippen molar-refractivity contribution in [3.63, 3.8) is 0 Å². The van der Waals surface area contributed by atoms with Gasteiger partial charge >= 0.3 is 5.97 Å². The van der Waals surface area contributed by atoms with E-state index in [4.69, 9.17) is 4.74 Å². The SMILES string of the molecule is CCc1ccc(C(=O)COC(=O)C(NC(=O)C23CC4CC(CC(C4)C2)C3)C(C)C)cc1. The predicted molar refractivity (Wildman–Crippen MR) is 118 cm³/mol. The number of aryl methyl sites for hydroxylation is 1. The van der Waals surface area contributed by atoms with Crippen LogP contribution in [0.1, 0.15) is 75.2 Å². The van der Waals surface area contributed by atoms with E-state index in [-0.39, 0.29) is 29.6 Å². The first kappa shape index (κ1) is 22.0. The maximum Gasteiger partial charge on any atom is 0.329 e. The Hall–Kier alpha value is -2.17. The average molecular weight is 426 g/mol. The summed E-state index contributed by atoms with van der Waals surface area (Å²) in [5, 5.41) is 3.03. The number of ether oxygens (including phenoxy) is 1.